The first-order valence-electron chi connectivity index (χ1n) is 6.64. The Morgan fingerprint density at radius 2 is 2.11 bits per heavy atom. The van der Waals surface area contributed by atoms with E-state index in [0.29, 0.717) is 12.6 Å². The molecule has 2 rings (SSSR count). The molecule has 0 radical (unpaired) electrons. The number of rotatable bonds is 2. The molecule has 1 aliphatic heterocycles. The summed E-state index contributed by atoms with van der Waals surface area (Å²) in [6, 6.07) is 8.39. The number of hydrogen-bond donors (Lipinski definition) is 1. The van der Waals surface area contributed by atoms with Gasteiger partial charge in [0.05, 0.1) is 6.54 Å². The molecule has 1 atom stereocenters. The van der Waals surface area contributed by atoms with Crippen LogP contribution in [0.15, 0.2) is 29.3 Å². The lowest BCUT2D eigenvalue weighted by molar-refractivity contribution is 0.290. The fraction of sp³-hybridized carbons (Fsp3) is 0.533. The molecule has 0 spiro atoms. The number of nitrogens with zero attached hydrogens (tertiary/aromatic N) is 1. The van der Waals surface area contributed by atoms with Gasteiger partial charge >= 0.3 is 0 Å². The molecule has 2 nitrogen and oxygen atoms in total. The summed E-state index contributed by atoms with van der Waals surface area (Å²) < 4.78 is 0. The summed E-state index contributed by atoms with van der Waals surface area (Å²) in [5, 5.41) is 5.39. The van der Waals surface area contributed by atoms with Crippen LogP contribution in [0.1, 0.15) is 32.8 Å². The van der Waals surface area contributed by atoms with Gasteiger partial charge in [-0.3, -0.25) is 4.99 Å². The highest BCUT2D eigenvalue weighted by molar-refractivity contribution is 8.13. The molecule has 1 unspecified atom stereocenters. The average Bonchev–Trinajstić information content (AvgIpc) is 2.37. The molecular formula is C15H21ClN2S. The summed E-state index contributed by atoms with van der Waals surface area (Å²) in [4.78, 5) is 4.66. The molecule has 0 bridgehead atoms. The van der Waals surface area contributed by atoms with E-state index in [0.717, 1.165) is 21.5 Å². The van der Waals surface area contributed by atoms with E-state index in [1.165, 1.54) is 6.42 Å². The monoisotopic (exact) mass is 296 g/mol. The topological polar surface area (TPSA) is 24.4 Å². The van der Waals surface area contributed by atoms with Crippen LogP contribution in [-0.4, -0.2) is 17.0 Å². The van der Waals surface area contributed by atoms with E-state index < -0.39 is 0 Å². The van der Waals surface area contributed by atoms with Gasteiger partial charge in [-0.25, -0.2) is 0 Å². The van der Waals surface area contributed by atoms with Crippen molar-refractivity contribution in [3.8, 4) is 0 Å². The Morgan fingerprint density at radius 1 is 1.37 bits per heavy atom. The van der Waals surface area contributed by atoms with Crippen molar-refractivity contribution in [3.63, 3.8) is 0 Å². The molecule has 1 fully saturated rings. The summed E-state index contributed by atoms with van der Waals surface area (Å²) in [5.74, 6) is 1.14. The Morgan fingerprint density at radius 3 is 2.79 bits per heavy atom. The third-order valence-electron chi connectivity index (χ3n) is 3.34. The van der Waals surface area contributed by atoms with Crippen molar-refractivity contribution >= 4 is 28.5 Å². The molecular weight excluding hydrogens is 276 g/mol. The Labute approximate surface area is 125 Å². The first-order valence-corrected chi connectivity index (χ1v) is 8.00. The predicted octanol–water partition coefficient (Wildman–Crippen LogP) is 4.34. The van der Waals surface area contributed by atoms with Crippen molar-refractivity contribution in [2.24, 2.45) is 10.4 Å². The van der Waals surface area contributed by atoms with Crippen LogP contribution >= 0.6 is 23.4 Å². The lowest BCUT2D eigenvalue weighted by atomic mass is 9.85. The highest BCUT2D eigenvalue weighted by Crippen LogP contribution is 2.27. The summed E-state index contributed by atoms with van der Waals surface area (Å²) in [6.45, 7) is 7.46. The van der Waals surface area contributed by atoms with Gasteiger partial charge < -0.3 is 5.32 Å². The lowest BCUT2D eigenvalue weighted by Crippen LogP contribution is -2.46. The molecule has 1 aromatic carbocycles. The molecule has 0 amide bonds. The van der Waals surface area contributed by atoms with Gasteiger partial charge in [0.25, 0.3) is 0 Å². The van der Waals surface area contributed by atoms with Gasteiger partial charge in [0.2, 0.25) is 0 Å². The second kappa shape index (κ2) is 6.19. The van der Waals surface area contributed by atoms with Crippen molar-refractivity contribution in [3.05, 3.63) is 34.9 Å². The van der Waals surface area contributed by atoms with E-state index in [9.17, 15) is 0 Å². The van der Waals surface area contributed by atoms with Gasteiger partial charge in [-0.1, -0.05) is 62.3 Å². The quantitative estimate of drug-likeness (QED) is 0.878. The van der Waals surface area contributed by atoms with Crippen LogP contribution in [0.2, 0.25) is 5.02 Å². The van der Waals surface area contributed by atoms with Crippen LogP contribution in [0.3, 0.4) is 0 Å². The van der Waals surface area contributed by atoms with Crippen molar-refractivity contribution in [2.45, 2.75) is 39.8 Å². The van der Waals surface area contributed by atoms with E-state index in [1.54, 1.807) is 11.8 Å². The Kier molecular flexibility index (Phi) is 4.80. The first kappa shape index (κ1) is 14.7. The normalized spacial score (nSPS) is 22.3. The lowest BCUT2D eigenvalue weighted by Gasteiger charge is -2.35. The molecule has 1 saturated heterocycles. The van der Waals surface area contributed by atoms with Crippen molar-refractivity contribution in [1.82, 2.24) is 5.32 Å². The number of halogens is 1. The third-order valence-corrected chi connectivity index (χ3v) is 4.67. The highest BCUT2D eigenvalue weighted by atomic mass is 35.5. The molecule has 0 saturated carbocycles. The molecule has 1 N–H and O–H groups in total. The van der Waals surface area contributed by atoms with Gasteiger partial charge in [0.1, 0.15) is 0 Å². The minimum Gasteiger partial charge on any atom is -0.362 e. The molecule has 0 aromatic heterocycles. The van der Waals surface area contributed by atoms with Crippen LogP contribution in [0.4, 0.5) is 0 Å². The Hall–Kier alpha value is -0.670. The predicted molar refractivity (Wildman–Crippen MR) is 86.0 cm³/mol. The molecule has 104 valence electrons. The number of benzene rings is 1. The van der Waals surface area contributed by atoms with Gasteiger partial charge in [-0.2, -0.15) is 0 Å². The number of nitrogens with one attached hydrogen (secondary N) is 1. The minimum atomic E-state index is 0.270. The zero-order valence-electron chi connectivity index (χ0n) is 11.7. The number of aliphatic imine (C=N–C) groups is 1. The van der Waals surface area contributed by atoms with Crippen LogP contribution in [0.5, 0.6) is 0 Å². The van der Waals surface area contributed by atoms with Crippen LogP contribution in [-0.2, 0) is 6.54 Å². The molecule has 1 aromatic rings. The summed E-state index contributed by atoms with van der Waals surface area (Å²) in [5.41, 5.74) is 1.35. The molecule has 19 heavy (non-hydrogen) atoms. The smallest absolute Gasteiger partial charge is 0.157 e. The maximum atomic E-state index is 6.15. The van der Waals surface area contributed by atoms with Crippen molar-refractivity contribution in [1.29, 1.82) is 0 Å². The SMILES string of the molecule is CC(C)(C)C1CCSC(=NCc2ccccc2Cl)N1. The maximum absolute atomic E-state index is 6.15. The van der Waals surface area contributed by atoms with Crippen LogP contribution in [0, 0.1) is 5.41 Å². The van der Waals surface area contributed by atoms with E-state index in [4.69, 9.17) is 11.6 Å². The van der Waals surface area contributed by atoms with Crippen molar-refractivity contribution < 1.29 is 0 Å². The van der Waals surface area contributed by atoms with E-state index in [1.807, 2.05) is 24.3 Å². The van der Waals surface area contributed by atoms with E-state index in [2.05, 4.69) is 31.1 Å². The van der Waals surface area contributed by atoms with E-state index in [-0.39, 0.29) is 5.41 Å². The number of thioether (sulfide) groups is 1. The van der Waals surface area contributed by atoms with Crippen LogP contribution in [0.25, 0.3) is 0 Å². The van der Waals surface area contributed by atoms with Gasteiger partial charge in [-0.15, -0.1) is 0 Å². The zero-order valence-corrected chi connectivity index (χ0v) is 13.3. The molecule has 4 heteroatoms. The fourth-order valence-electron chi connectivity index (χ4n) is 2.06. The Bertz CT molecular complexity index is 465. The number of hydrogen-bond acceptors (Lipinski definition) is 2. The summed E-state index contributed by atoms with van der Waals surface area (Å²) in [7, 11) is 0. The molecule has 1 aliphatic rings. The van der Waals surface area contributed by atoms with Gasteiger partial charge in [0, 0.05) is 16.8 Å². The second-order valence-electron chi connectivity index (χ2n) is 5.91. The maximum Gasteiger partial charge on any atom is 0.157 e. The first-order chi connectivity index (χ1) is 8.97. The van der Waals surface area contributed by atoms with Gasteiger partial charge in [0.15, 0.2) is 5.17 Å². The van der Waals surface area contributed by atoms with E-state index >= 15 is 0 Å². The third kappa shape index (κ3) is 4.15. The van der Waals surface area contributed by atoms with Gasteiger partial charge in [-0.05, 0) is 23.5 Å². The summed E-state index contributed by atoms with van der Waals surface area (Å²) >= 11 is 7.95. The number of amidine groups is 1. The summed E-state index contributed by atoms with van der Waals surface area (Å²) in [6.07, 6.45) is 1.19. The Balaban J connectivity index is 2.02. The standard InChI is InChI=1S/C15H21ClN2S/c1-15(2,3)13-8-9-19-14(18-13)17-10-11-6-4-5-7-12(11)16/h4-7,13H,8-10H2,1-3H3,(H,17,18). The average molecular weight is 297 g/mol. The zero-order chi connectivity index (χ0) is 13.9. The highest BCUT2D eigenvalue weighted by Gasteiger charge is 2.28. The van der Waals surface area contributed by atoms with Crippen molar-refractivity contribution in [2.75, 3.05) is 5.75 Å². The van der Waals surface area contributed by atoms with Crippen LogP contribution < -0.4 is 5.32 Å². The molecule has 0 aliphatic carbocycles. The minimum absolute atomic E-state index is 0.270. The molecule has 1 heterocycles. The fourth-order valence-corrected chi connectivity index (χ4v) is 3.18. The largest absolute Gasteiger partial charge is 0.362 e. The second-order valence-corrected chi connectivity index (χ2v) is 7.40.